The van der Waals surface area contributed by atoms with Crippen LogP contribution in [0.3, 0.4) is 0 Å². The minimum atomic E-state index is 0. The van der Waals surface area contributed by atoms with Gasteiger partial charge < -0.3 is 8.98 Å². The molecule has 0 aliphatic heterocycles. The Bertz CT molecular complexity index is 996. The van der Waals surface area contributed by atoms with Crippen molar-refractivity contribution in [2.24, 2.45) is 0 Å². The molecular formula is C18H15IrN4O-. The van der Waals surface area contributed by atoms with Gasteiger partial charge >= 0.3 is 0 Å². The molecule has 0 saturated carbocycles. The molecule has 0 fully saturated rings. The van der Waals surface area contributed by atoms with Crippen molar-refractivity contribution in [2.75, 3.05) is 0 Å². The van der Waals surface area contributed by atoms with Gasteiger partial charge in [0.15, 0.2) is 6.39 Å². The van der Waals surface area contributed by atoms with Gasteiger partial charge in [0.2, 0.25) is 0 Å². The molecule has 0 N–H and O–H groups in total. The summed E-state index contributed by atoms with van der Waals surface area (Å²) in [6.07, 6.45) is 3.17. The van der Waals surface area contributed by atoms with E-state index in [2.05, 4.69) is 54.2 Å². The molecule has 6 heteroatoms. The minimum absolute atomic E-state index is 0. The van der Waals surface area contributed by atoms with Crippen LogP contribution in [0, 0.1) is 26.8 Å². The predicted octanol–water partition coefficient (Wildman–Crippen LogP) is 3.80. The Morgan fingerprint density at radius 2 is 1.83 bits per heavy atom. The molecule has 0 bridgehead atoms. The molecule has 5 nitrogen and oxygen atoms in total. The first-order chi connectivity index (χ1) is 11.1. The zero-order valence-corrected chi connectivity index (χ0v) is 15.9. The predicted molar refractivity (Wildman–Crippen MR) is 87.4 cm³/mol. The summed E-state index contributed by atoms with van der Waals surface area (Å²) < 4.78 is 7.37. The fraction of sp³-hybridized carbons (Fsp3) is 0.167. The summed E-state index contributed by atoms with van der Waals surface area (Å²) in [6, 6.07) is 11.2. The summed E-state index contributed by atoms with van der Waals surface area (Å²) in [5, 5.41) is 8.37. The van der Waals surface area contributed by atoms with Crippen LogP contribution in [0.2, 0.25) is 0 Å². The molecule has 2 heterocycles. The van der Waals surface area contributed by atoms with Gasteiger partial charge in [-0.1, -0.05) is 23.8 Å². The van der Waals surface area contributed by atoms with E-state index in [-0.39, 0.29) is 20.1 Å². The normalized spacial score (nSPS) is 10.8. The zero-order chi connectivity index (χ0) is 16.0. The van der Waals surface area contributed by atoms with E-state index in [0.29, 0.717) is 5.58 Å². The molecule has 1 radical (unpaired) electrons. The maximum Gasteiger partial charge on any atom is 0.170 e. The van der Waals surface area contributed by atoms with Crippen molar-refractivity contribution in [2.45, 2.75) is 20.8 Å². The van der Waals surface area contributed by atoms with E-state index in [1.54, 1.807) is 6.33 Å². The maximum absolute atomic E-state index is 5.38. The summed E-state index contributed by atoms with van der Waals surface area (Å²) in [6.45, 7) is 6.30. The van der Waals surface area contributed by atoms with Gasteiger partial charge in [-0.3, -0.25) is 4.98 Å². The molecule has 4 rings (SSSR count). The van der Waals surface area contributed by atoms with Crippen LogP contribution in [0.15, 0.2) is 41.4 Å². The van der Waals surface area contributed by atoms with Crippen LogP contribution < -0.4 is 0 Å². The second kappa shape index (κ2) is 6.30. The van der Waals surface area contributed by atoms with E-state index in [1.807, 2.05) is 16.7 Å². The Balaban J connectivity index is 0.00000169. The average molecular weight is 496 g/mol. The van der Waals surface area contributed by atoms with Gasteiger partial charge in [-0.25, -0.2) is 0 Å². The van der Waals surface area contributed by atoms with E-state index < -0.39 is 0 Å². The molecule has 4 aromatic rings. The third-order valence-corrected chi connectivity index (χ3v) is 3.93. The minimum Gasteiger partial charge on any atom is -0.464 e. The number of nitrogens with zero attached hydrogens (tertiary/aromatic N) is 4. The maximum atomic E-state index is 5.38. The molecular weight excluding hydrogens is 480 g/mol. The molecule has 2 aromatic heterocycles. The second-order valence-corrected chi connectivity index (χ2v) is 5.72. The number of fused-ring (bicyclic) bond motifs is 1. The van der Waals surface area contributed by atoms with Gasteiger partial charge in [-0.05, 0) is 31.9 Å². The van der Waals surface area contributed by atoms with E-state index in [4.69, 9.17) is 4.42 Å². The van der Waals surface area contributed by atoms with Crippen LogP contribution in [-0.4, -0.2) is 19.7 Å². The smallest absolute Gasteiger partial charge is 0.170 e. The van der Waals surface area contributed by atoms with Crippen molar-refractivity contribution in [3.05, 3.63) is 59.7 Å². The molecule has 0 atom stereocenters. The van der Waals surface area contributed by atoms with E-state index >= 15 is 0 Å². The Morgan fingerprint density at radius 1 is 1.08 bits per heavy atom. The first-order valence-corrected chi connectivity index (χ1v) is 7.37. The fourth-order valence-electron chi connectivity index (χ4n) is 3.06. The van der Waals surface area contributed by atoms with Gasteiger partial charge in [0.05, 0.1) is 11.4 Å². The molecule has 0 aliphatic rings. The van der Waals surface area contributed by atoms with Crippen LogP contribution >= 0.6 is 0 Å². The monoisotopic (exact) mass is 496 g/mol. The summed E-state index contributed by atoms with van der Waals surface area (Å²) in [5.74, 6) is 0.735. The Labute approximate surface area is 153 Å². The molecule has 0 aliphatic carbocycles. The van der Waals surface area contributed by atoms with Crippen LogP contribution in [0.1, 0.15) is 16.7 Å². The van der Waals surface area contributed by atoms with Crippen molar-refractivity contribution < 1.29 is 24.5 Å². The summed E-state index contributed by atoms with van der Waals surface area (Å²) in [5.41, 5.74) is 7.03. The molecule has 0 saturated heterocycles. The molecule has 2 aromatic carbocycles. The largest absolute Gasteiger partial charge is 0.464 e. The SMILES string of the molecule is Cc1cc(C)c(-n2cnnc2-c2[c-]cc3ncoc3c2)c(C)c1.[Ir]. The molecule has 0 amide bonds. The average Bonchev–Trinajstić information content (AvgIpc) is 3.13. The first-order valence-electron chi connectivity index (χ1n) is 7.37. The first kappa shape index (κ1) is 16.6. The van der Waals surface area contributed by atoms with E-state index in [1.165, 1.54) is 23.1 Å². The number of benzene rings is 2. The fourth-order valence-corrected chi connectivity index (χ4v) is 3.06. The Hall–Kier alpha value is -2.30. The molecule has 0 spiro atoms. The summed E-state index contributed by atoms with van der Waals surface area (Å²) >= 11 is 0. The van der Waals surface area contributed by atoms with Crippen LogP contribution in [0.4, 0.5) is 0 Å². The third kappa shape index (κ3) is 2.68. The van der Waals surface area contributed by atoms with Crippen LogP contribution in [0.25, 0.3) is 28.2 Å². The number of hydrogen-bond acceptors (Lipinski definition) is 4. The Morgan fingerprint density at radius 3 is 2.58 bits per heavy atom. The molecule has 123 valence electrons. The van der Waals surface area contributed by atoms with Crippen molar-refractivity contribution in [3.63, 3.8) is 0 Å². The van der Waals surface area contributed by atoms with Crippen LogP contribution in [-0.2, 0) is 20.1 Å². The number of aryl methyl sites for hydroxylation is 3. The van der Waals surface area contributed by atoms with Crippen LogP contribution in [0.5, 0.6) is 0 Å². The summed E-state index contributed by atoms with van der Waals surface area (Å²) in [4.78, 5) is 4.12. The summed E-state index contributed by atoms with van der Waals surface area (Å²) in [7, 11) is 0. The Kier molecular flexibility index (Phi) is 4.35. The van der Waals surface area contributed by atoms with Crippen molar-refractivity contribution in [1.29, 1.82) is 0 Å². The number of oxazole rings is 1. The van der Waals surface area contributed by atoms with Crippen molar-refractivity contribution in [3.8, 4) is 17.1 Å². The van der Waals surface area contributed by atoms with Gasteiger partial charge in [-0.2, -0.15) is 5.10 Å². The molecule has 24 heavy (non-hydrogen) atoms. The number of rotatable bonds is 2. The van der Waals surface area contributed by atoms with Gasteiger partial charge in [0.25, 0.3) is 0 Å². The zero-order valence-electron chi connectivity index (χ0n) is 13.5. The van der Waals surface area contributed by atoms with Gasteiger partial charge in [0, 0.05) is 31.3 Å². The van der Waals surface area contributed by atoms with Crippen molar-refractivity contribution in [1.82, 2.24) is 19.7 Å². The van der Waals surface area contributed by atoms with Gasteiger partial charge in [0.1, 0.15) is 6.33 Å². The second-order valence-electron chi connectivity index (χ2n) is 5.72. The quantitative estimate of drug-likeness (QED) is 0.397. The number of hydrogen-bond donors (Lipinski definition) is 0. The molecule has 0 unspecified atom stereocenters. The van der Waals surface area contributed by atoms with E-state index in [0.717, 1.165) is 22.6 Å². The van der Waals surface area contributed by atoms with Gasteiger partial charge in [-0.15, -0.1) is 22.8 Å². The van der Waals surface area contributed by atoms with E-state index in [9.17, 15) is 0 Å². The third-order valence-electron chi connectivity index (χ3n) is 3.93. The topological polar surface area (TPSA) is 56.7 Å². The van der Waals surface area contributed by atoms with Crippen molar-refractivity contribution >= 4 is 11.1 Å². The standard InChI is InChI=1S/C18H15N4O.Ir/c1-11-6-12(2)17(13(3)7-11)22-9-20-21-18(22)14-4-5-15-16(8-14)23-10-19-15;/h5-10H,1-3H3;/q-1;. The number of aromatic nitrogens is 4.